The predicted molar refractivity (Wildman–Crippen MR) is 137 cm³/mol. The predicted octanol–water partition coefficient (Wildman–Crippen LogP) is 4.43. The van der Waals surface area contributed by atoms with E-state index in [1.54, 1.807) is 0 Å². The van der Waals surface area contributed by atoms with E-state index in [1.807, 2.05) is 26.8 Å². The summed E-state index contributed by atoms with van der Waals surface area (Å²) in [7, 11) is 0. The van der Waals surface area contributed by atoms with E-state index in [1.165, 1.54) is 6.29 Å². The van der Waals surface area contributed by atoms with Crippen molar-refractivity contribution in [1.82, 2.24) is 0 Å². The zero-order chi connectivity index (χ0) is 26.1. The fourth-order valence-electron chi connectivity index (χ4n) is 9.55. The number of rotatable bonds is 6. The van der Waals surface area contributed by atoms with Crippen molar-refractivity contribution in [2.75, 3.05) is 0 Å². The van der Waals surface area contributed by atoms with E-state index in [-0.39, 0.29) is 34.5 Å². The van der Waals surface area contributed by atoms with E-state index in [2.05, 4.69) is 27.4 Å². The van der Waals surface area contributed by atoms with E-state index in [9.17, 15) is 25.2 Å². The van der Waals surface area contributed by atoms with Crippen LogP contribution in [0.3, 0.4) is 0 Å². The Bertz CT molecular complexity index is 893. The minimum atomic E-state index is -0.836. The van der Waals surface area contributed by atoms with Gasteiger partial charge in [0.25, 0.3) is 0 Å². The lowest BCUT2D eigenvalue weighted by Gasteiger charge is -2.66. The highest BCUT2D eigenvalue weighted by molar-refractivity contribution is 5.65. The van der Waals surface area contributed by atoms with Crippen molar-refractivity contribution in [1.29, 1.82) is 0 Å². The van der Waals surface area contributed by atoms with Crippen molar-refractivity contribution in [3.63, 3.8) is 0 Å². The number of hydrogen-bond acceptors (Lipinski definition) is 5. The van der Waals surface area contributed by atoms with Crippen LogP contribution in [-0.2, 0) is 4.79 Å². The highest BCUT2D eigenvalue weighted by atomic mass is 16.3. The summed E-state index contributed by atoms with van der Waals surface area (Å²) >= 11 is 0. The minimum absolute atomic E-state index is 0.0487. The Morgan fingerprint density at radius 1 is 1.09 bits per heavy atom. The molecular formula is C30H48O5. The molecule has 4 aliphatic rings. The molecule has 11 atom stereocenters. The van der Waals surface area contributed by atoms with Crippen LogP contribution in [0.4, 0.5) is 0 Å². The van der Waals surface area contributed by atoms with E-state index >= 15 is 0 Å². The SMILES string of the molecule is C=C(C)CC(O)C(O)[C@@H](C)C1CC[C@@]2(C)C3[C@@H](O)C=C4[C@@H](CC[C@H](O)C4(C)C)[C@]3(C=O)CC[C@]12C. The third-order valence-electron chi connectivity index (χ3n) is 11.8. The van der Waals surface area contributed by atoms with Crippen molar-refractivity contribution in [3.05, 3.63) is 23.8 Å². The van der Waals surface area contributed by atoms with Crippen LogP contribution in [-0.4, -0.2) is 51.1 Å². The molecule has 5 nitrogen and oxygen atoms in total. The maximum atomic E-state index is 13.1. The topological polar surface area (TPSA) is 98.0 Å². The lowest BCUT2D eigenvalue weighted by molar-refractivity contribution is -0.185. The molecule has 5 heteroatoms. The van der Waals surface area contributed by atoms with Gasteiger partial charge in [-0.25, -0.2) is 0 Å². The minimum Gasteiger partial charge on any atom is -0.392 e. The molecule has 3 fully saturated rings. The molecule has 0 heterocycles. The third-order valence-corrected chi connectivity index (χ3v) is 11.8. The fraction of sp³-hybridized carbons (Fsp3) is 0.833. The number of carbonyl (C=O) groups is 1. The molecule has 0 aromatic heterocycles. The fourth-order valence-corrected chi connectivity index (χ4v) is 9.55. The van der Waals surface area contributed by atoms with Crippen molar-refractivity contribution in [2.24, 2.45) is 45.3 Å². The van der Waals surface area contributed by atoms with Gasteiger partial charge in [-0.15, -0.1) is 6.58 Å². The normalized spacial score (nSPS) is 46.9. The number of aliphatic hydroxyl groups is 4. The van der Waals surface area contributed by atoms with Crippen LogP contribution in [0.15, 0.2) is 23.8 Å². The molecule has 198 valence electrons. The van der Waals surface area contributed by atoms with Gasteiger partial charge in [0, 0.05) is 16.7 Å². The van der Waals surface area contributed by atoms with E-state index in [4.69, 9.17) is 0 Å². The van der Waals surface area contributed by atoms with Crippen LogP contribution in [0, 0.1) is 45.3 Å². The van der Waals surface area contributed by atoms with Crippen molar-refractivity contribution in [3.8, 4) is 0 Å². The highest BCUT2D eigenvalue weighted by Crippen LogP contribution is 2.74. The summed E-state index contributed by atoms with van der Waals surface area (Å²) in [6, 6.07) is 0. The van der Waals surface area contributed by atoms with Crippen molar-refractivity contribution >= 4 is 6.29 Å². The van der Waals surface area contributed by atoms with Crippen molar-refractivity contribution < 1.29 is 25.2 Å². The number of fused-ring (bicyclic) bond motifs is 5. The summed E-state index contributed by atoms with van der Waals surface area (Å²) in [5.41, 5.74) is 0.386. The summed E-state index contributed by atoms with van der Waals surface area (Å²) in [4.78, 5) is 13.1. The Kier molecular flexibility index (Phi) is 6.79. The second-order valence-corrected chi connectivity index (χ2v) is 13.7. The molecule has 0 saturated heterocycles. The first-order chi connectivity index (χ1) is 16.2. The standard InChI is InChI=1S/C30H48O5/c1-17(2)14-22(32)25(35)18(3)19-10-11-29(7)26-23(33)15-21-20(8-9-24(34)27(21,4)5)30(26,16-31)13-12-28(19,29)6/h15-16,18-20,22-26,32-35H,1,8-14H2,2-7H3/t18-,19?,20+,22?,23-,24-,25?,26?,28+,29-,30+/m0/s1. The molecule has 3 saturated carbocycles. The number of aldehydes is 1. The summed E-state index contributed by atoms with van der Waals surface area (Å²) in [5, 5.41) is 44.2. The lowest BCUT2D eigenvalue weighted by atomic mass is 9.38. The summed E-state index contributed by atoms with van der Waals surface area (Å²) in [6.45, 7) is 16.5. The molecule has 0 aromatic carbocycles. The molecule has 0 amide bonds. The molecule has 0 bridgehead atoms. The van der Waals surface area contributed by atoms with Gasteiger partial charge in [0.15, 0.2) is 0 Å². The quantitative estimate of drug-likeness (QED) is 0.328. The zero-order valence-corrected chi connectivity index (χ0v) is 22.6. The van der Waals surface area contributed by atoms with E-state index in [0.717, 1.165) is 36.8 Å². The van der Waals surface area contributed by atoms with Gasteiger partial charge >= 0.3 is 0 Å². The van der Waals surface area contributed by atoms with Gasteiger partial charge in [0.2, 0.25) is 0 Å². The number of aliphatic hydroxyl groups excluding tert-OH is 4. The monoisotopic (exact) mass is 488 g/mol. The van der Waals surface area contributed by atoms with E-state index < -0.39 is 35.2 Å². The molecular weight excluding hydrogens is 440 g/mol. The molecule has 0 aliphatic heterocycles. The summed E-state index contributed by atoms with van der Waals surface area (Å²) in [5.74, 6) is -0.0574. The van der Waals surface area contributed by atoms with Crippen LogP contribution < -0.4 is 0 Å². The molecule has 0 radical (unpaired) electrons. The highest BCUT2D eigenvalue weighted by Gasteiger charge is 2.71. The average Bonchev–Trinajstić information content (AvgIpc) is 3.06. The van der Waals surface area contributed by atoms with Crippen LogP contribution in [0.1, 0.15) is 86.5 Å². The van der Waals surface area contributed by atoms with Crippen LogP contribution >= 0.6 is 0 Å². The molecule has 4 aliphatic carbocycles. The Labute approximate surface area is 211 Å². The van der Waals surface area contributed by atoms with Gasteiger partial charge in [-0.1, -0.05) is 51.8 Å². The van der Waals surface area contributed by atoms with E-state index in [0.29, 0.717) is 19.3 Å². The largest absolute Gasteiger partial charge is 0.392 e. The van der Waals surface area contributed by atoms with Crippen LogP contribution in [0.25, 0.3) is 0 Å². The first-order valence-corrected chi connectivity index (χ1v) is 13.7. The Balaban J connectivity index is 1.72. The Hall–Kier alpha value is -1.01. The van der Waals surface area contributed by atoms with Crippen LogP contribution in [0.5, 0.6) is 0 Å². The second-order valence-electron chi connectivity index (χ2n) is 13.7. The average molecular weight is 489 g/mol. The first-order valence-electron chi connectivity index (χ1n) is 13.7. The van der Waals surface area contributed by atoms with Gasteiger partial charge in [-0.3, -0.25) is 0 Å². The van der Waals surface area contributed by atoms with Gasteiger partial charge in [-0.2, -0.15) is 0 Å². The molecule has 4 N–H and O–H groups in total. The van der Waals surface area contributed by atoms with Gasteiger partial charge in [0.05, 0.1) is 24.4 Å². The second kappa shape index (κ2) is 8.79. The molecule has 4 unspecified atom stereocenters. The number of carbonyl (C=O) groups excluding carboxylic acids is 1. The zero-order valence-electron chi connectivity index (χ0n) is 22.6. The molecule has 35 heavy (non-hydrogen) atoms. The van der Waals surface area contributed by atoms with Gasteiger partial charge in [0.1, 0.15) is 6.29 Å². The Morgan fingerprint density at radius 2 is 1.74 bits per heavy atom. The van der Waals surface area contributed by atoms with Crippen molar-refractivity contribution in [2.45, 2.75) is 111 Å². The first kappa shape index (κ1) is 27.0. The maximum absolute atomic E-state index is 13.1. The lowest BCUT2D eigenvalue weighted by Crippen LogP contribution is -2.64. The molecule has 0 spiro atoms. The van der Waals surface area contributed by atoms with Crippen LogP contribution in [0.2, 0.25) is 0 Å². The third kappa shape index (κ3) is 3.66. The number of hydrogen-bond donors (Lipinski definition) is 4. The summed E-state index contributed by atoms with van der Waals surface area (Å²) < 4.78 is 0. The van der Waals surface area contributed by atoms with Gasteiger partial charge < -0.3 is 25.2 Å². The molecule has 4 rings (SSSR count). The smallest absolute Gasteiger partial charge is 0.127 e. The molecule has 0 aromatic rings. The van der Waals surface area contributed by atoms with Gasteiger partial charge in [-0.05, 0) is 80.5 Å². The maximum Gasteiger partial charge on any atom is 0.127 e. The Morgan fingerprint density at radius 3 is 2.34 bits per heavy atom. The summed E-state index contributed by atoms with van der Waals surface area (Å²) in [6.07, 6.45) is 5.48.